The first-order valence-electron chi connectivity index (χ1n) is 10.4. The number of fused-ring (bicyclic) bond motifs is 3. The van der Waals surface area contributed by atoms with Crippen molar-refractivity contribution in [1.29, 1.82) is 0 Å². The lowest BCUT2D eigenvalue weighted by Gasteiger charge is -2.38. The summed E-state index contributed by atoms with van der Waals surface area (Å²) in [6.45, 7) is 0. The molecule has 3 aromatic rings. The van der Waals surface area contributed by atoms with Crippen molar-refractivity contribution in [1.82, 2.24) is 5.01 Å². The lowest BCUT2D eigenvalue weighted by Crippen LogP contribution is -2.34. The standard InChI is InChI=1S/C25H21FN2O5/c1-31-21-12-11-17(22(25(29)30)23(21)32-2)24-28-19(16-5-3-4-6-20(16)33-24)13-18(27-28)14-7-9-15(26)10-8-14/h3-12,19,24H,13H2,1-2H3,(H,29,30). The molecule has 7 nitrogen and oxygen atoms in total. The van der Waals surface area contributed by atoms with Gasteiger partial charge in [-0.15, -0.1) is 0 Å². The quantitative estimate of drug-likeness (QED) is 0.605. The third-order valence-corrected chi connectivity index (χ3v) is 5.93. The number of hydrogen-bond donors (Lipinski definition) is 1. The minimum absolute atomic E-state index is 0.0505. The van der Waals surface area contributed by atoms with Crippen molar-refractivity contribution in [3.63, 3.8) is 0 Å². The summed E-state index contributed by atoms with van der Waals surface area (Å²) in [6.07, 6.45) is -0.244. The summed E-state index contributed by atoms with van der Waals surface area (Å²) in [6, 6.07) is 16.9. The Balaban J connectivity index is 1.66. The van der Waals surface area contributed by atoms with E-state index in [2.05, 4.69) is 0 Å². The van der Waals surface area contributed by atoms with Crippen LogP contribution in [0.2, 0.25) is 0 Å². The molecular formula is C25H21FN2O5. The molecule has 2 heterocycles. The Labute approximate surface area is 189 Å². The van der Waals surface area contributed by atoms with Gasteiger partial charge in [0.25, 0.3) is 0 Å². The van der Waals surface area contributed by atoms with E-state index in [4.69, 9.17) is 19.3 Å². The molecule has 1 N–H and O–H groups in total. The average molecular weight is 448 g/mol. The van der Waals surface area contributed by atoms with Gasteiger partial charge in [-0.05, 0) is 35.9 Å². The maximum Gasteiger partial charge on any atom is 0.340 e. The summed E-state index contributed by atoms with van der Waals surface area (Å²) in [5.74, 6) is -0.406. The van der Waals surface area contributed by atoms with E-state index in [0.29, 0.717) is 23.5 Å². The summed E-state index contributed by atoms with van der Waals surface area (Å²) < 4.78 is 30.4. The molecule has 0 fully saturated rings. The molecule has 0 saturated heterocycles. The first kappa shape index (κ1) is 20.8. The van der Waals surface area contributed by atoms with Crippen molar-refractivity contribution in [3.8, 4) is 17.2 Å². The number of hydrogen-bond acceptors (Lipinski definition) is 6. The number of carboxylic acid groups (broad SMARTS) is 1. The smallest absolute Gasteiger partial charge is 0.340 e. The number of carboxylic acids is 1. The minimum atomic E-state index is -1.17. The third-order valence-electron chi connectivity index (χ3n) is 5.93. The molecule has 168 valence electrons. The zero-order chi connectivity index (χ0) is 23.1. The van der Waals surface area contributed by atoms with Crippen molar-refractivity contribution in [3.05, 3.63) is 88.7 Å². The van der Waals surface area contributed by atoms with E-state index in [1.54, 1.807) is 29.3 Å². The van der Waals surface area contributed by atoms with Gasteiger partial charge in [0.05, 0.1) is 26.0 Å². The SMILES string of the molecule is COc1ccc(C2Oc3ccccc3C3CC(c4ccc(F)cc4)=NN32)c(C(=O)O)c1OC. The van der Waals surface area contributed by atoms with Gasteiger partial charge in [0.1, 0.15) is 17.1 Å². The zero-order valence-corrected chi connectivity index (χ0v) is 18.0. The summed E-state index contributed by atoms with van der Waals surface area (Å²) >= 11 is 0. The van der Waals surface area contributed by atoms with E-state index < -0.39 is 12.2 Å². The van der Waals surface area contributed by atoms with Crippen molar-refractivity contribution in [2.75, 3.05) is 14.2 Å². The Morgan fingerprint density at radius 3 is 2.52 bits per heavy atom. The van der Waals surface area contributed by atoms with Crippen LogP contribution in [0.4, 0.5) is 4.39 Å². The van der Waals surface area contributed by atoms with Crippen LogP contribution in [0.5, 0.6) is 17.2 Å². The number of ether oxygens (including phenoxy) is 3. The average Bonchev–Trinajstić information content (AvgIpc) is 3.28. The summed E-state index contributed by atoms with van der Waals surface area (Å²) in [5, 5.41) is 16.6. The van der Waals surface area contributed by atoms with E-state index >= 15 is 0 Å². The van der Waals surface area contributed by atoms with Crippen LogP contribution in [0, 0.1) is 5.82 Å². The molecule has 2 aliphatic heterocycles. The highest BCUT2D eigenvalue weighted by molar-refractivity contribution is 6.02. The number of nitrogens with zero attached hydrogens (tertiary/aromatic N) is 2. The molecule has 0 bridgehead atoms. The fraction of sp³-hybridized carbons (Fsp3) is 0.200. The Kier molecular flexibility index (Phi) is 5.12. The van der Waals surface area contributed by atoms with Crippen LogP contribution in [-0.4, -0.2) is 36.0 Å². The number of methoxy groups -OCH3 is 2. The van der Waals surface area contributed by atoms with Crippen LogP contribution >= 0.6 is 0 Å². The predicted molar refractivity (Wildman–Crippen MR) is 118 cm³/mol. The molecule has 2 atom stereocenters. The molecule has 8 heteroatoms. The van der Waals surface area contributed by atoms with Crippen molar-refractivity contribution in [2.24, 2.45) is 5.10 Å². The van der Waals surface area contributed by atoms with Crippen LogP contribution in [0.15, 0.2) is 65.8 Å². The number of benzene rings is 3. The fourth-order valence-corrected chi connectivity index (χ4v) is 4.42. The number of hydrazone groups is 1. The molecular weight excluding hydrogens is 427 g/mol. The molecule has 33 heavy (non-hydrogen) atoms. The van der Waals surface area contributed by atoms with Gasteiger partial charge in [-0.3, -0.25) is 0 Å². The monoisotopic (exact) mass is 448 g/mol. The van der Waals surface area contributed by atoms with Gasteiger partial charge in [0.2, 0.25) is 6.23 Å². The van der Waals surface area contributed by atoms with E-state index in [-0.39, 0.29) is 23.2 Å². The van der Waals surface area contributed by atoms with E-state index in [0.717, 1.165) is 16.8 Å². The lowest BCUT2D eigenvalue weighted by atomic mass is 9.95. The molecule has 2 unspecified atom stereocenters. The maximum atomic E-state index is 13.5. The van der Waals surface area contributed by atoms with Gasteiger partial charge in [0, 0.05) is 17.5 Å². The topological polar surface area (TPSA) is 80.6 Å². The zero-order valence-electron chi connectivity index (χ0n) is 18.0. The summed E-state index contributed by atoms with van der Waals surface area (Å²) in [7, 11) is 2.85. The predicted octanol–water partition coefficient (Wildman–Crippen LogP) is 4.78. The van der Waals surface area contributed by atoms with E-state index in [1.807, 2.05) is 24.3 Å². The van der Waals surface area contributed by atoms with Gasteiger partial charge < -0.3 is 19.3 Å². The number of rotatable bonds is 5. The van der Waals surface area contributed by atoms with Gasteiger partial charge in [-0.1, -0.05) is 30.3 Å². The second kappa shape index (κ2) is 8.12. The highest BCUT2D eigenvalue weighted by Gasteiger charge is 2.43. The third kappa shape index (κ3) is 3.44. The Morgan fingerprint density at radius 1 is 1.06 bits per heavy atom. The first-order valence-corrected chi connectivity index (χ1v) is 10.4. The van der Waals surface area contributed by atoms with Crippen LogP contribution in [0.25, 0.3) is 0 Å². The minimum Gasteiger partial charge on any atom is -0.493 e. The highest BCUT2D eigenvalue weighted by Crippen LogP contribution is 2.49. The highest BCUT2D eigenvalue weighted by atomic mass is 19.1. The van der Waals surface area contributed by atoms with Crippen LogP contribution in [0.1, 0.15) is 45.7 Å². The number of para-hydroxylation sites is 1. The number of carbonyl (C=O) groups is 1. The fourth-order valence-electron chi connectivity index (χ4n) is 4.42. The van der Waals surface area contributed by atoms with Gasteiger partial charge >= 0.3 is 5.97 Å². The van der Waals surface area contributed by atoms with Crippen molar-refractivity contribution in [2.45, 2.75) is 18.7 Å². The van der Waals surface area contributed by atoms with Crippen molar-refractivity contribution < 1.29 is 28.5 Å². The number of aromatic carboxylic acids is 1. The summed E-state index contributed by atoms with van der Waals surface area (Å²) in [5.41, 5.74) is 2.86. The van der Waals surface area contributed by atoms with Crippen molar-refractivity contribution >= 4 is 11.7 Å². The second-order valence-corrected chi connectivity index (χ2v) is 7.73. The van der Waals surface area contributed by atoms with Gasteiger partial charge in [-0.2, -0.15) is 5.10 Å². The van der Waals surface area contributed by atoms with E-state index in [9.17, 15) is 14.3 Å². The molecule has 0 aliphatic carbocycles. The molecule has 2 aliphatic rings. The maximum absolute atomic E-state index is 13.5. The molecule has 0 saturated carbocycles. The Hall–Kier alpha value is -4.07. The van der Waals surface area contributed by atoms with Crippen LogP contribution < -0.4 is 14.2 Å². The molecule has 0 radical (unpaired) electrons. The first-order chi connectivity index (χ1) is 16.0. The lowest BCUT2D eigenvalue weighted by molar-refractivity contribution is -0.0199. The Morgan fingerprint density at radius 2 is 1.82 bits per heavy atom. The normalized spacial score (nSPS) is 18.6. The van der Waals surface area contributed by atoms with Crippen LogP contribution in [0.3, 0.4) is 0 Å². The van der Waals surface area contributed by atoms with Gasteiger partial charge in [-0.25, -0.2) is 14.2 Å². The Bertz CT molecular complexity index is 1260. The molecule has 0 aromatic heterocycles. The largest absolute Gasteiger partial charge is 0.493 e. The second-order valence-electron chi connectivity index (χ2n) is 7.73. The molecule has 0 amide bonds. The van der Waals surface area contributed by atoms with Gasteiger partial charge in [0.15, 0.2) is 11.5 Å². The summed E-state index contributed by atoms with van der Waals surface area (Å²) in [4.78, 5) is 12.3. The van der Waals surface area contributed by atoms with Crippen LogP contribution in [-0.2, 0) is 0 Å². The molecule has 0 spiro atoms. The molecule has 5 rings (SSSR count). The molecule has 3 aromatic carbocycles. The van der Waals surface area contributed by atoms with E-state index in [1.165, 1.54) is 26.4 Å². The number of halogens is 1.